The molecule has 1 N–H and O–H groups in total. The van der Waals surface area contributed by atoms with Crippen LogP contribution in [0.3, 0.4) is 0 Å². The number of nitrogens with one attached hydrogen (secondary N) is 1. The number of carbonyl (C=O) groups excluding carboxylic acids is 1. The van der Waals surface area contributed by atoms with Crippen LogP contribution in [0, 0.1) is 6.92 Å². The molecule has 1 aromatic carbocycles. The van der Waals surface area contributed by atoms with Crippen molar-refractivity contribution in [2.75, 3.05) is 24.5 Å². The van der Waals surface area contributed by atoms with Crippen LogP contribution in [0.4, 0.5) is 5.95 Å². The molecule has 2 heterocycles. The quantitative estimate of drug-likeness (QED) is 0.755. The van der Waals surface area contributed by atoms with E-state index in [-0.39, 0.29) is 11.2 Å². The Hall–Kier alpha value is -2.02. The summed E-state index contributed by atoms with van der Waals surface area (Å²) in [6.45, 7) is 8.75. The number of thioether (sulfide) groups is 1. The third-order valence-corrected chi connectivity index (χ3v) is 5.54. The Bertz CT molecular complexity index is 737. The molecule has 0 aliphatic carbocycles. The van der Waals surface area contributed by atoms with E-state index in [9.17, 15) is 4.79 Å². The van der Waals surface area contributed by atoms with Gasteiger partial charge >= 0.3 is 0 Å². The van der Waals surface area contributed by atoms with Crippen LogP contribution in [-0.2, 0) is 4.79 Å². The standard InChI is InChI=1S/C19H27N5OS/c1-4-11-20-17(25)15(3)26-19-22-21-18(23-12-5-6-13-23)24(19)16-9-7-14(2)8-10-16/h7-10,15H,4-6,11-13H2,1-3H3,(H,20,25)/t15-/m1/s1. The van der Waals surface area contributed by atoms with Gasteiger partial charge in [0.15, 0.2) is 5.16 Å². The summed E-state index contributed by atoms with van der Waals surface area (Å²) in [5, 5.41) is 12.4. The number of aryl methyl sites for hydroxylation is 1. The molecule has 1 saturated heterocycles. The summed E-state index contributed by atoms with van der Waals surface area (Å²) in [4.78, 5) is 14.5. The zero-order valence-electron chi connectivity index (χ0n) is 15.7. The molecule has 7 heteroatoms. The Morgan fingerprint density at radius 2 is 1.92 bits per heavy atom. The molecule has 2 aromatic rings. The summed E-state index contributed by atoms with van der Waals surface area (Å²) in [6, 6.07) is 8.36. The van der Waals surface area contributed by atoms with Crippen LogP contribution in [0.5, 0.6) is 0 Å². The molecule has 3 rings (SSSR count). The van der Waals surface area contributed by atoms with Crippen LogP contribution in [-0.4, -0.2) is 45.6 Å². The highest BCUT2D eigenvalue weighted by atomic mass is 32.2. The second-order valence-corrected chi connectivity index (χ2v) is 8.01. The lowest BCUT2D eigenvalue weighted by Crippen LogP contribution is -2.31. The zero-order valence-corrected chi connectivity index (χ0v) is 16.6. The third-order valence-electron chi connectivity index (χ3n) is 4.50. The number of hydrogen-bond acceptors (Lipinski definition) is 5. The van der Waals surface area contributed by atoms with Gasteiger partial charge in [-0.2, -0.15) is 0 Å². The van der Waals surface area contributed by atoms with E-state index in [1.165, 1.54) is 30.2 Å². The fourth-order valence-electron chi connectivity index (χ4n) is 2.98. The molecular formula is C19H27N5OS. The van der Waals surface area contributed by atoms with Gasteiger partial charge in [-0.05, 0) is 45.2 Å². The number of benzene rings is 1. The number of anilines is 1. The smallest absolute Gasteiger partial charge is 0.233 e. The maximum Gasteiger partial charge on any atom is 0.233 e. The normalized spacial score (nSPS) is 15.3. The molecule has 1 aliphatic rings. The average molecular weight is 374 g/mol. The zero-order chi connectivity index (χ0) is 18.5. The topological polar surface area (TPSA) is 63.1 Å². The molecule has 0 saturated carbocycles. The van der Waals surface area contributed by atoms with Gasteiger partial charge in [-0.3, -0.25) is 9.36 Å². The number of carbonyl (C=O) groups is 1. The van der Waals surface area contributed by atoms with Crippen molar-refractivity contribution in [2.45, 2.75) is 50.4 Å². The van der Waals surface area contributed by atoms with E-state index in [4.69, 9.17) is 0 Å². The minimum absolute atomic E-state index is 0.0398. The first-order chi connectivity index (χ1) is 12.6. The lowest BCUT2D eigenvalue weighted by Gasteiger charge is -2.19. The molecule has 26 heavy (non-hydrogen) atoms. The van der Waals surface area contributed by atoms with Crippen molar-refractivity contribution in [2.24, 2.45) is 0 Å². The van der Waals surface area contributed by atoms with Crippen LogP contribution in [0.25, 0.3) is 5.69 Å². The van der Waals surface area contributed by atoms with Crippen molar-refractivity contribution in [3.63, 3.8) is 0 Å². The Labute approximate surface area is 159 Å². The van der Waals surface area contributed by atoms with Crippen molar-refractivity contribution < 1.29 is 4.79 Å². The summed E-state index contributed by atoms with van der Waals surface area (Å²) in [6.07, 6.45) is 3.29. The number of amides is 1. The minimum atomic E-state index is -0.221. The van der Waals surface area contributed by atoms with Gasteiger partial charge in [0, 0.05) is 19.6 Å². The minimum Gasteiger partial charge on any atom is -0.355 e. The van der Waals surface area contributed by atoms with E-state index in [1.54, 1.807) is 0 Å². The lowest BCUT2D eigenvalue weighted by atomic mass is 10.2. The summed E-state index contributed by atoms with van der Waals surface area (Å²) in [5.41, 5.74) is 2.25. The highest BCUT2D eigenvalue weighted by Gasteiger charge is 2.25. The molecule has 140 valence electrons. The van der Waals surface area contributed by atoms with E-state index in [2.05, 4.69) is 63.1 Å². The van der Waals surface area contributed by atoms with Gasteiger partial charge in [0.2, 0.25) is 11.9 Å². The molecule has 1 atom stereocenters. The van der Waals surface area contributed by atoms with Gasteiger partial charge in [0.05, 0.1) is 10.9 Å². The van der Waals surface area contributed by atoms with Gasteiger partial charge in [-0.15, -0.1) is 10.2 Å². The predicted octanol–water partition coefficient (Wildman–Crippen LogP) is 3.18. The van der Waals surface area contributed by atoms with Gasteiger partial charge in [-0.25, -0.2) is 0 Å². The van der Waals surface area contributed by atoms with Crippen molar-refractivity contribution >= 4 is 23.6 Å². The second kappa shape index (κ2) is 8.58. The average Bonchev–Trinajstić information content (AvgIpc) is 3.30. The molecule has 1 amide bonds. The largest absolute Gasteiger partial charge is 0.355 e. The van der Waals surface area contributed by atoms with Crippen molar-refractivity contribution in [1.29, 1.82) is 0 Å². The van der Waals surface area contributed by atoms with Gasteiger partial charge in [0.25, 0.3) is 0 Å². The van der Waals surface area contributed by atoms with Crippen molar-refractivity contribution in [3.05, 3.63) is 29.8 Å². The monoisotopic (exact) mass is 373 g/mol. The van der Waals surface area contributed by atoms with Crippen molar-refractivity contribution in [3.8, 4) is 5.69 Å². The summed E-state index contributed by atoms with van der Waals surface area (Å²) in [7, 11) is 0. The number of nitrogens with zero attached hydrogens (tertiary/aromatic N) is 4. The van der Waals surface area contributed by atoms with E-state index < -0.39 is 0 Å². The summed E-state index contributed by atoms with van der Waals surface area (Å²) >= 11 is 1.46. The Morgan fingerprint density at radius 1 is 1.23 bits per heavy atom. The maximum absolute atomic E-state index is 12.3. The third kappa shape index (κ3) is 4.20. The molecule has 6 nitrogen and oxygen atoms in total. The molecule has 1 fully saturated rings. The molecule has 0 radical (unpaired) electrons. The molecule has 0 bridgehead atoms. The van der Waals surface area contributed by atoms with E-state index >= 15 is 0 Å². The highest BCUT2D eigenvalue weighted by molar-refractivity contribution is 8.00. The molecular weight excluding hydrogens is 346 g/mol. The molecule has 0 unspecified atom stereocenters. The first-order valence-electron chi connectivity index (χ1n) is 9.32. The van der Waals surface area contributed by atoms with Crippen LogP contribution in [0.2, 0.25) is 0 Å². The van der Waals surface area contributed by atoms with Crippen LogP contribution >= 0.6 is 11.8 Å². The lowest BCUT2D eigenvalue weighted by molar-refractivity contribution is -0.120. The van der Waals surface area contributed by atoms with Gasteiger partial charge < -0.3 is 10.2 Å². The Kier molecular flexibility index (Phi) is 6.19. The summed E-state index contributed by atoms with van der Waals surface area (Å²) in [5.74, 6) is 0.910. The van der Waals surface area contributed by atoms with Crippen LogP contribution < -0.4 is 10.2 Å². The van der Waals surface area contributed by atoms with Gasteiger partial charge in [-0.1, -0.05) is 36.4 Å². The Morgan fingerprint density at radius 3 is 2.58 bits per heavy atom. The van der Waals surface area contributed by atoms with Crippen LogP contribution in [0.1, 0.15) is 38.7 Å². The second-order valence-electron chi connectivity index (χ2n) is 6.70. The summed E-state index contributed by atoms with van der Waals surface area (Å²) < 4.78 is 2.08. The first kappa shape index (κ1) is 18.8. The maximum atomic E-state index is 12.3. The van der Waals surface area contributed by atoms with Gasteiger partial charge in [0.1, 0.15) is 0 Å². The number of aromatic nitrogens is 3. The molecule has 1 aromatic heterocycles. The van der Waals surface area contributed by atoms with E-state index in [0.717, 1.165) is 36.3 Å². The Balaban J connectivity index is 1.89. The predicted molar refractivity (Wildman–Crippen MR) is 106 cm³/mol. The SMILES string of the molecule is CCCNC(=O)[C@@H](C)Sc1nnc(N2CCCC2)n1-c1ccc(C)cc1. The van der Waals surface area contributed by atoms with E-state index in [0.29, 0.717) is 6.54 Å². The van der Waals surface area contributed by atoms with Crippen LogP contribution in [0.15, 0.2) is 29.4 Å². The first-order valence-corrected chi connectivity index (χ1v) is 10.2. The fraction of sp³-hybridized carbons (Fsp3) is 0.526. The van der Waals surface area contributed by atoms with E-state index in [1.807, 2.05) is 6.92 Å². The molecule has 0 spiro atoms. The highest BCUT2D eigenvalue weighted by Crippen LogP contribution is 2.30. The van der Waals surface area contributed by atoms with Crippen molar-refractivity contribution in [1.82, 2.24) is 20.1 Å². The fourth-order valence-corrected chi connectivity index (χ4v) is 3.87. The number of rotatable bonds is 7. The number of hydrogen-bond donors (Lipinski definition) is 1. The molecule has 1 aliphatic heterocycles.